The Kier molecular flexibility index (Phi) is 5.27. The molecule has 3 rings (SSSR count). The summed E-state index contributed by atoms with van der Waals surface area (Å²) in [6.45, 7) is 0. The lowest BCUT2D eigenvalue weighted by Crippen LogP contribution is -2.54. The number of hydrogen-bond donors (Lipinski definition) is 1. The molecule has 25 heavy (non-hydrogen) atoms. The standard InChI is InChI=1S/C18H21ClF3N3/c1-23-16-10-11-25(15-8-6-14(19)7-9-15)17(24-16)12-2-4-13(5-3-12)18(20,21)22/h6-13,17H,2-5H2,1H3,(H,23,24). The molecule has 1 fully saturated rings. The van der Waals surface area contributed by atoms with Gasteiger partial charge in [-0.05, 0) is 61.9 Å². The molecule has 1 heterocycles. The van der Waals surface area contributed by atoms with Crippen LogP contribution in [-0.2, 0) is 0 Å². The van der Waals surface area contributed by atoms with Gasteiger partial charge in [0.1, 0.15) is 12.0 Å². The number of anilines is 1. The number of rotatable bonds is 2. The Morgan fingerprint density at radius 1 is 1.12 bits per heavy atom. The van der Waals surface area contributed by atoms with Crippen LogP contribution in [0, 0.1) is 11.8 Å². The molecule has 1 aliphatic carbocycles. The minimum atomic E-state index is -4.09. The first-order valence-electron chi connectivity index (χ1n) is 8.40. The van der Waals surface area contributed by atoms with E-state index in [1.54, 1.807) is 7.05 Å². The molecule has 0 saturated heterocycles. The van der Waals surface area contributed by atoms with Crippen molar-refractivity contribution in [1.29, 1.82) is 0 Å². The quantitative estimate of drug-likeness (QED) is 0.793. The van der Waals surface area contributed by atoms with E-state index >= 15 is 0 Å². The fraction of sp³-hybridized carbons (Fsp3) is 0.500. The third-order valence-corrected chi connectivity index (χ3v) is 5.29. The zero-order valence-electron chi connectivity index (χ0n) is 13.9. The van der Waals surface area contributed by atoms with Crippen LogP contribution in [0.3, 0.4) is 0 Å². The number of nitrogens with one attached hydrogen (secondary N) is 1. The number of alkyl halides is 3. The van der Waals surface area contributed by atoms with E-state index in [9.17, 15) is 13.2 Å². The summed E-state index contributed by atoms with van der Waals surface area (Å²) < 4.78 is 38.8. The predicted molar refractivity (Wildman–Crippen MR) is 94.9 cm³/mol. The second-order valence-corrected chi connectivity index (χ2v) is 6.99. The largest absolute Gasteiger partial charge is 0.391 e. The molecule has 3 nitrogen and oxygen atoms in total. The van der Waals surface area contributed by atoms with E-state index in [1.165, 1.54) is 0 Å². The van der Waals surface area contributed by atoms with E-state index in [0.717, 1.165) is 11.5 Å². The van der Waals surface area contributed by atoms with Gasteiger partial charge in [-0.2, -0.15) is 13.2 Å². The average molecular weight is 372 g/mol. The van der Waals surface area contributed by atoms with Crippen LogP contribution >= 0.6 is 11.6 Å². The van der Waals surface area contributed by atoms with Crippen LogP contribution in [0.15, 0.2) is 41.5 Å². The van der Waals surface area contributed by atoms with Gasteiger partial charge in [0.2, 0.25) is 0 Å². The molecule has 0 spiro atoms. The Balaban J connectivity index is 1.79. The highest BCUT2D eigenvalue weighted by Gasteiger charge is 2.43. The zero-order valence-corrected chi connectivity index (χ0v) is 14.7. The average Bonchev–Trinajstić information content (AvgIpc) is 2.61. The summed E-state index contributed by atoms with van der Waals surface area (Å²) in [7, 11) is 1.70. The van der Waals surface area contributed by atoms with Crippen LogP contribution in [0.25, 0.3) is 0 Å². The van der Waals surface area contributed by atoms with Gasteiger partial charge < -0.3 is 10.2 Å². The molecule has 1 aliphatic heterocycles. The molecule has 1 saturated carbocycles. The van der Waals surface area contributed by atoms with Gasteiger partial charge in [0.25, 0.3) is 0 Å². The summed E-state index contributed by atoms with van der Waals surface area (Å²) >= 11 is 5.96. The van der Waals surface area contributed by atoms with E-state index in [0.29, 0.717) is 17.9 Å². The minimum absolute atomic E-state index is 0.112. The fourth-order valence-corrected chi connectivity index (χ4v) is 3.74. The zero-order chi connectivity index (χ0) is 18.0. The summed E-state index contributed by atoms with van der Waals surface area (Å²) in [6, 6.07) is 7.45. The van der Waals surface area contributed by atoms with Crippen LogP contribution in [0.2, 0.25) is 5.02 Å². The summed E-state index contributed by atoms with van der Waals surface area (Å²) in [5, 5.41) is 4.01. The Morgan fingerprint density at radius 2 is 1.76 bits per heavy atom. The SMILES string of the molecule is CN=C1C=CN(c2ccc(Cl)cc2)C(C2CCC(C(F)(F)F)CC2)N1. The number of benzene rings is 1. The van der Waals surface area contributed by atoms with Crippen LogP contribution in [0.1, 0.15) is 25.7 Å². The molecular weight excluding hydrogens is 351 g/mol. The van der Waals surface area contributed by atoms with Gasteiger partial charge in [-0.15, -0.1) is 0 Å². The van der Waals surface area contributed by atoms with Crippen LogP contribution < -0.4 is 10.2 Å². The van der Waals surface area contributed by atoms with Crippen molar-refractivity contribution in [3.05, 3.63) is 41.6 Å². The summed E-state index contributed by atoms with van der Waals surface area (Å²) in [4.78, 5) is 6.24. The van der Waals surface area contributed by atoms with E-state index < -0.39 is 12.1 Å². The second-order valence-electron chi connectivity index (χ2n) is 6.55. The van der Waals surface area contributed by atoms with Crippen molar-refractivity contribution in [2.45, 2.75) is 38.0 Å². The molecule has 1 unspecified atom stereocenters. The van der Waals surface area contributed by atoms with Gasteiger partial charge in [0.05, 0.1) is 5.92 Å². The van der Waals surface area contributed by atoms with Gasteiger partial charge in [0.15, 0.2) is 0 Å². The van der Waals surface area contributed by atoms with E-state index in [2.05, 4.69) is 15.2 Å². The van der Waals surface area contributed by atoms with Crippen molar-refractivity contribution in [3.8, 4) is 0 Å². The molecule has 7 heteroatoms. The number of aliphatic imine (C=N–C) groups is 1. The Labute approximate surface area is 150 Å². The van der Waals surface area contributed by atoms with E-state index in [1.807, 2.05) is 36.5 Å². The Hall–Kier alpha value is -1.69. The highest BCUT2D eigenvalue weighted by Crippen LogP contribution is 2.41. The first-order chi connectivity index (χ1) is 11.9. The lowest BCUT2D eigenvalue weighted by molar-refractivity contribution is -0.184. The number of amidine groups is 1. The molecule has 0 bridgehead atoms. The number of nitrogens with zero attached hydrogens (tertiary/aromatic N) is 2. The summed E-state index contributed by atoms with van der Waals surface area (Å²) in [5.41, 5.74) is 0.950. The molecule has 1 N–H and O–H groups in total. The molecule has 1 aromatic rings. The third kappa shape index (κ3) is 4.11. The van der Waals surface area contributed by atoms with Crippen molar-refractivity contribution in [2.75, 3.05) is 11.9 Å². The number of halogens is 4. The van der Waals surface area contributed by atoms with E-state index in [-0.39, 0.29) is 24.9 Å². The normalized spacial score (nSPS) is 28.9. The highest BCUT2D eigenvalue weighted by atomic mass is 35.5. The maximum absolute atomic E-state index is 12.9. The first kappa shape index (κ1) is 18.1. The van der Waals surface area contributed by atoms with Crippen LogP contribution in [0.4, 0.5) is 18.9 Å². The first-order valence-corrected chi connectivity index (χ1v) is 8.78. The Bertz CT molecular complexity index is 647. The van der Waals surface area contributed by atoms with Crippen molar-refractivity contribution in [1.82, 2.24) is 5.32 Å². The topological polar surface area (TPSA) is 27.6 Å². The van der Waals surface area contributed by atoms with Gasteiger partial charge in [-0.25, -0.2) is 0 Å². The molecule has 0 radical (unpaired) electrons. The van der Waals surface area contributed by atoms with Crippen LogP contribution in [0.5, 0.6) is 0 Å². The smallest absolute Gasteiger partial charge is 0.350 e. The molecule has 2 aliphatic rings. The maximum Gasteiger partial charge on any atom is 0.391 e. The van der Waals surface area contributed by atoms with E-state index in [4.69, 9.17) is 11.6 Å². The van der Waals surface area contributed by atoms with Crippen LogP contribution in [-0.4, -0.2) is 25.2 Å². The third-order valence-electron chi connectivity index (χ3n) is 5.04. The molecule has 136 valence electrons. The lowest BCUT2D eigenvalue weighted by Gasteiger charge is -2.42. The lowest BCUT2D eigenvalue weighted by atomic mass is 9.79. The molecule has 0 amide bonds. The molecule has 1 atom stereocenters. The van der Waals surface area contributed by atoms with Gasteiger partial charge in [-0.1, -0.05) is 11.6 Å². The summed E-state index contributed by atoms with van der Waals surface area (Å²) in [6.07, 6.45) is 1.05. The number of hydrogen-bond acceptors (Lipinski definition) is 2. The highest BCUT2D eigenvalue weighted by molar-refractivity contribution is 6.30. The second kappa shape index (κ2) is 7.28. The minimum Gasteiger partial charge on any atom is -0.350 e. The monoisotopic (exact) mass is 371 g/mol. The molecule has 0 aromatic heterocycles. The van der Waals surface area contributed by atoms with Gasteiger partial charge >= 0.3 is 6.18 Å². The van der Waals surface area contributed by atoms with Gasteiger partial charge in [0, 0.05) is 24.0 Å². The predicted octanol–water partition coefficient (Wildman–Crippen LogP) is 4.99. The molecular formula is C18H21ClF3N3. The fourth-order valence-electron chi connectivity index (χ4n) is 3.62. The van der Waals surface area contributed by atoms with Gasteiger partial charge in [-0.3, -0.25) is 4.99 Å². The van der Waals surface area contributed by atoms with Crippen molar-refractivity contribution in [3.63, 3.8) is 0 Å². The Morgan fingerprint density at radius 3 is 2.32 bits per heavy atom. The maximum atomic E-state index is 12.9. The van der Waals surface area contributed by atoms with Crippen molar-refractivity contribution in [2.24, 2.45) is 16.8 Å². The van der Waals surface area contributed by atoms with Crippen molar-refractivity contribution < 1.29 is 13.2 Å². The molecule has 1 aromatic carbocycles. The summed E-state index contributed by atoms with van der Waals surface area (Å²) in [5.74, 6) is -0.310. The van der Waals surface area contributed by atoms with Crippen molar-refractivity contribution >= 4 is 23.1 Å².